The normalized spacial score (nSPS) is 20.0. The van der Waals surface area contributed by atoms with Crippen LogP contribution in [0.4, 0.5) is 11.8 Å². The molecule has 2 fully saturated rings. The molecule has 2 aromatic heterocycles. The van der Waals surface area contributed by atoms with E-state index in [1.807, 2.05) is 42.5 Å². The summed E-state index contributed by atoms with van der Waals surface area (Å²) in [5.74, 6) is 3.89. The monoisotopic (exact) mass is 471 g/mol. The molecule has 4 heterocycles. The van der Waals surface area contributed by atoms with E-state index < -0.39 is 0 Å². The van der Waals surface area contributed by atoms with Crippen LogP contribution in [-0.4, -0.2) is 58.6 Å². The van der Waals surface area contributed by atoms with Gasteiger partial charge in [-0.15, -0.1) is 0 Å². The number of rotatable bonds is 8. The minimum absolute atomic E-state index is 0.114. The third kappa shape index (κ3) is 5.35. The van der Waals surface area contributed by atoms with Crippen molar-refractivity contribution in [2.45, 2.75) is 31.9 Å². The fourth-order valence-corrected chi connectivity index (χ4v) is 4.45. The maximum atomic E-state index is 6.21. The molecule has 2 N–H and O–H groups in total. The molecule has 1 saturated carbocycles. The van der Waals surface area contributed by atoms with Gasteiger partial charge in [-0.25, -0.2) is 0 Å². The zero-order valence-electron chi connectivity index (χ0n) is 19.8. The number of anilines is 2. The van der Waals surface area contributed by atoms with E-state index in [2.05, 4.69) is 48.8 Å². The number of nitrogens with one attached hydrogen (secondary N) is 2. The van der Waals surface area contributed by atoms with Crippen LogP contribution in [0.5, 0.6) is 5.88 Å². The van der Waals surface area contributed by atoms with Gasteiger partial charge in [0.25, 0.3) is 0 Å². The molecule has 1 aromatic carbocycles. The molecule has 3 aliphatic rings. The van der Waals surface area contributed by atoms with Crippen molar-refractivity contribution in [1.82, 2.24) is 20.0 Å². The van der Waals surface area contributed by atoms with Crippen molar-refractivity contribution >= 4 is 17.6 Å². The first-order valence-corrected chi connectivity index (χ1v) is 12.2. The maximum Gasteiger partial charge on any atom is 0.228 e. The van der Waals surface area contributed by atoms with Gasteiger partial charge in [-0.2, -0.15) is 9.97 Å². The third-order valence-electron chi connectivity index (χ3n) is 6.50. The van der Waals surface area contributed by atoms with E-state index in [9.17, 15) is 0 Å². The average Bonchev–Trinajstić information content (AvgIpc) is 3.23. The Morgan fingerprint density at radius 2 is 2.00 bits per heavy atom. The lowest BCUT2D eigenvalue weighted by Crippen LogP contribution is -2.22. The molecule has 180 valence electrons. The van der Waals surface area contributed by atoms with Gasteiger partial charge in [-0.3, -0.25) is 4.99 Å². The smallest absolute Gasteiger partial charge is 0.228 e. The lowest BCUT2D eigenvalue weighted by atomic mass is 10.1. The molecule has 9 nitrogen and oxygen atoms in total. The summed E-state index contributed by atoms with van der Waals surface area (Å²) in [5, 5.41) is 10.8. The lowest BCUT2D eigenvalue weighted by Gasteiger charge is -2.15. The molecule has 1 atom stereocenters. The fourth-order valence-electron chi connectivity index (χ4n) is 4.45. The molecule has 9 heteroatoms. The van der Waals surface area contributed by atoms with Crippen LogP contribution >= 0.6 is 0 Å². The summed E-state index contributed by atoms with van der Waals surface area (Å²) >= 11 is 0. The van der Waals surface area contributed by atoms with Crippen LogP contribution < -0.4 is 15.4 Å². The second kappa shape index (κ2) is 9.50. The van der Waals surface area contributed by atoms with Gasteiger partial charge >= 0.3 is 0 Å². The zero-order chi connectivity index (χ0) is 23.6. The van der Waals surface area contributed by atoms with E-state index >= 15 is 0 Å². The predicted molar refractivity (Wildman–Crippen MR) is 135 cm³/mol. The molecule has 0 amide bonds. The summed E-state index contributed by atoms with van der Waals surface area (Å²) in [6.07, 6.45) is 5.80. The highest BCUT2D eigenvalue weighted by atomic mass is 16.5. The number of aromatic nitrogens is 3. The standard InChI is InChI=1S/C26H29N7O2/c1-33-10-9-20(16-33)34-25-13-24(29-23-11-19(14-27-23)17-7-8-17)30-26(31-25)28-15-21-12-22(32-35-21)18-5-3-2-4-6-18/h2-6,11-13,17,20H,7-10,14-16H2,1H3,(H2,27,28,29,30,31). The largest absolute Gasteiger partial charge is 0.473 e. The maximum absolute atomic E-state index is 6.21. The van der Waals surface area contributed by atoms with Crippen molar-refractivity contribution in [1.29, 1.82) is 0 Å². The van der Waals surface area contributed by atoms with Gasteiger partial charge in [0.15, 0.2) is 5.76 Å². The van der Waals surface area contributed by atoms with Gasteiger partial charge in [0.05, 0.1) is 13.1 Å². The van der Waals surface area contributed by atoms with Crippen molar-refractivity contribution in [2.24, 2.45) is 10.9 Å². The highest BCUT2D eigenvalue weighted by Gasteiger charge is 2.28. The molecular formula is C26H29N7O2. The summed E-state index contributed by atoms with van der Waals surface area (Å²) in [5.41, 5.74) is 3.22. The average molecular weight is 472 g/mol. The third-order valence-corrected chi connectivity index (χ3v) is 6.50. The quantitative estimate of drug-likeness (QED) is 0.509. The number of nitrogens with zero attached hydrogens (tertiary/aromatic N) is 5. The Morgan fingerprint density at radius 3 is 2.80 bits per heavy atom. The van der Waals surface area contributed by atoms with Crippen LogP contribution in [0.2, 0.25) is 0 Å². The minimum Gasteiger partial charge on any atom is -0.473 e. The Morgan fingerprint density at radius 1 is 1.11 bits per heavy atom. The van der Waals surface area contributed by atoms with Crippen LogP contribution in [0.15, 0.2) is 63.6 Å². The van der Waals surface area contributed by atoms with Crippen LogP contribution in [0.1, 0.15) is 25.0 Å². The molecule has 35 heavy (non-hydrogen) atoms. The van der Waals surface area contributed by atoms with Crippen LogP contribution in [0, 0.1) is 5.92 Å². The highest BCUT2D eigenvalue weighted by molar-refractivity contribution is 6.05. The fraction of sp³-hybridized carbons (Fsp3) is 0.385. The Hall–Kier alpha value is -3.72. The number of hydrogen-bond acceptors (Lipinski definition) is 9. The van der Waals surface area contributed by atoms with Gasteiger partial charge in [-0.05, 0) is 43.9 Å². The summed E-state index contributed by atoms with van der Waals surface area (Å²) in [4.78, 5) is 16.2. The first-order chi connectivity index (χ1) is 17.2. The first kappa shape index (κ1) is 21.8. The zero-order valence-corrected chi connectivity index (χ0v) is 19.8. The number of amidine groups is 1. The molecular weight excluding hydrogens is 442 g/mol. The van der Waals surface area contributed by atoms with E-state index in [-0.39, 0.29) is 6.10 Å². The van der Waals surface area contributed by atoms with Crippen molar-refractivity contribution in [2.75, 3.05) is 37.3 Å². The van der Waals surface area contributed by atoms with Crippen molar-refractivity contribution in [3.63, 3.8) is 0 Å². The van der Waals surface area contributed by atoms with E-state index in [4.69, 9.17) is 9.26 Å². The Kier molecular flexibility index (Phi) is 5.91. The van der Waals surface area contributed by atoms with Crippen LogP contribution in [-0.2, 0) is 6.54 Å². The second-order valence-electron chi connectivity index (χ2n) is 9.42. The lowest BCUT2D eigenvalue weighted by molar-refractivity contribution is 0.200. The summed E-state index contributed by atoms with van der Waals surface area (Å²) in [7, 11) is 2.10. The minimum atomic E-state index is 0.114. The number of hydrogen-bond donors (Lipinski definition) is 2. The van der Waals surface area contributed by atoms with Gasteiger partial charge in [-0.1, -0.05) is 35.5 Å². The molecule has 1 aliphatic carbocycles. The molecule has 1 unspecified atom stereocenters. The van der Waals surface area contributed by atoms with E-state index in [1.54, 1.807) is 0 Å². The summed E-state index contributed by atoms with van der Waals surface area (Å²) in [6.45, 7) is 3.08. The second-order valence-corrected chi connectivity index (χ2v) is 9.42. The van der Waals surface area contributed by atoms with Crippen molar-refractivity contribution in [3.8, 4) is 17.1 Å². The number of aliphatic imine (C=N–C) groups is 1. The van der Waals surface area contributed by atoms with Crippen LogP contribution in [0.25, 0.3) is 11.3 Å². The van der Waals surface area contributed by atoms with E-state index in [0.717, 1.165) is 43.1 Å². The molecule has 3 aromatic rings. The van der Waals surface area contributed by atoms with E-state index in [1.165, 1.54) is 18.4 Å². The Labute approximate surface area is 204 Å². The molecule has 1 saturated heterocycles. The highest BCUT2D eigenvalue weighted by Crippen LogP contribution is 2.38. The van der Waals surface area contributed by atoms with Gasteiger partial charge < -0.3 is 24.8 Å². The van der Waals surface area contributed by atoms with Gasteiger partial charge in [0, 0.05) is 30.8 Å². The van der Waals surface area contributed by atoms with Gasteiger partial charge in [0.1, 0.15) is 23.5 Å². The molecule has 0 radical (unpaired) electrons. The Balaban J connectivity index is 1.17. The number of likely N-dealkylation sites (N-methyl/N-ethyl adjacent to an activating group) is 1. The molecule has 0 bridgehead atoms. The number of benzene rings is 1. The van der Waals surface area contributed by atoms with Gasteiger partial charge in [0.2, 0.25) is 11.8 Å². The summed E-state index contributed by atoms with van der Waals surface area (Å²) < 4.78 is 11.7. The Bertz CT molecular complexity index is 1250. The van der Waals surface area contributed by atoms with E-state index in [0.29, 0.717) is 35.9 Å². The van der Waals surface area contributed by atoms with Crippen molar-refractivity contribution < 1.29 is 9.26 Å². The van der Waals surface area contributed by atoms with Crippen LogP contribution in [0.3, 0.4) is 0 Å². The predicted octanol–water partition coefficient (Wildman–Crippen LogP) is 3.99. The number of likely N-dealkylation sites (tertiary alicyclic amines) is 1. The van der Waals surface area contributed by atoms with Crippen molar-refractivity contribution in [3.05, 3.63) is 59.9 Å². The number of ether oxygens (including phenoxy) is 1. The molecule has 6 rings (SSSR count). The summed E-state index contributed by atoms with van der Waals surface area (Å²) in [6, 6.07) is 13.7. The topological polar surface area (TPSA) is 101 Å². The molecule has 2 aliphatic heterocycles. The molecule has 0 spiro atoms. The first-order valence-electron chi connectivity index (χ1n) is 12.2. The SMILES string of the molecule is CN1CCC(Oc2cc(NC3=NCC(C4CC4)=C3)nc(NCc3cc(-c4ccccc4)no3)n2)C1.